The highest BCUT2D eigenvalue weighted by atomic mass is 19.1. The molecule has 16 fully saturated rings. The first-order chi connectivity index (χ1) is 65.5. The molecule has 19 aliphatic rings. The zero-order valence-corrected chi connectivity index (χ0v) is 78.3. The molecule has 2 aromatic carbocycles. The molecule has 8 unspecified atom stereocenters. The van der Waals surface area contributed by atoms with Gasteiger partial charge in [0.05, 0.1) is 106 Å². The molecule has 0 radical (unpaired) electrons. The number of amides is 2. The lowest BCUT2D eigenvalue weighted by molar-refractivity contribution is -0.185. The molecular weight excluding hydrogens is 1740 g/mol. The van der Waals surface area contributed by atoms with Crippen molar-refractivity contribution in [2.24, 2.45) is 95.4 Å². The highest BCUT2D eigenvalue weighted by Crippen LogP contribution is 2.68. The van der Waals surface area contributed by atoms with Crippen LogP contribution < -0.4 is 67.8 Å². The van der Waals surface area contributed by atoms with E-state index in [4.69, 9.17) is 31.4 Å². The number of imidazole rings is 1. The van der Waals surface area contributed by atoms with Crippen LogP contribution in [0.3, 0.4) is 0 Å². The molecule has 2 amide bonds. The Labute approximate surface area is 789 Å². The van der Waals surface area contributed by atoms with Gasteiger partial charge in [0, 0.05) is 50.6 Å². The summed E-state index contributed by atoms with van der Waals surface area (Å²) < 4.78 is 35.7. The average Bonchev–Trinajstić information content (AvgIpc) is 1.65. The molecule has 37 heteroatoms. The van der Waals surface area contributed by atoms with Crippen LogP contribution in [0.25, 0.3) is 22.5 Å². The van der Waals surface area contributed by atoms with Crippen molar-refractivity contribution in [3.05, 3.63) is 179 Å². The van der Waals surface area contributed by atoms with Gasteiger partial charge >= 0.3 is 5.69 Å². The number of pyridine rings is 2. The number of aryl methyl sites for hydroxylation is 5. The number of aliphatic hydroxyl groups is 2. The van der Waals surface area contributed by atoms with Crippen molar-refractivity contribution >= 4 is 115 Å². The SMILES string of the molecule is C=C1N(C)c2cnc(Nc3cc(F)c(C(N)=O)cc3C)nc2N1C12CC3CC(CC(O)(C3)C1)C2.C=C1N(C)c2cnc(Nc3cn4ncnc4cc3C)nc2N1C12CC3CC(C1)C(C#N)C(C3)C2.C=C1N(C)c2cnc(Nc3cn4ncnc4cc3C)nc2N1C12CC3CC(C1)C(C#N)C(C3)C2.Cc1cc(C(N)=O)c(F)cc1Nc1ncc2c(n1)n(C13CC4CC(C1)C(C)(O)C(C4)C3)c(=O)n2C. The fourth-order valence-corrected chi connectivity index (χ4v) is 29.3. The van der Waals surface area contributed by atoms with Crippen molar-refractivity contribution in [1.82, 2.24) is 78.2 Å². The fourth-order valence-electron chi connectivity index (χ4n) is 29.3. The van der Waals surface area contributed by atoms with E-state index >= 15 is 0 Å². The van der Waals surface area contributed by atoms with Gasteiger partial charge in [0.2, 0.25) is 23.8 Å². The number of nitrogens with one attached hydrogen (secondary N) is 4. The third-order valence-electron chi connectivity index (χ3n) is 34.6. The summed E-state index contributed by atoms with van der Waals surface area (Å²) in [4.78, 5) is 95.8. The number of nitriles is 2. The summed E-state index contributed by atoms with van der Waals surface area (Å²) in [6.07, 6.45) is 35.4. The van der Waals surface area contributed by atoms with Crippen molar-refractivity contribution < 1.29 is 28.6 Å². The van der Waals surface area contributed by atoms with Gasteiger partial charge < -0.3 is 72.3 Å². The lowest BCUT2D eigenvalue weighted by atomic mass is 9.47. The third kappa shape index (κ3) is 13.8. The number of carbonyl (C=O) groups excluding carboxylic acids is 2. The number of hydrogen-bond donors (Lipinski definition) is 8. The molecule has 8 atom stereocenters. The molecule has 3 aliphatic heterocycles. The van der Waals surface area contributed by atoms with E-state index < -0.39 is 34.7 Å². The molecule has 706 valence electrons. The Morgan fingerprint density at radius 1 is 0.467 bits per heavy atom. The maximum absolute atomic E-state index is 14.4. The van der Waals surface area contributed by atoms with Crippen molar-refractivity contribution in [3.8, 4) is 12.1 Å². The van der Waals surface area contributed by atoms with Gasteiger partial charge in [-0.1, -0.05) is 19.7 Å². The minimum absolute atomic E-state index is 0.0123. The Bertz CT molecular complexity index is 6870. The molecule has 11 aromatic rings. The van der Waals surface area contributed by atoms with Gasteiger partial charge in [0.1, 0.15) is 64.3 Å². The highest BCUT2D eigenvalue weighted by Gasteiger charge is 2.66. The number of aromatic nitrogens is 16. The van der Waals surface area contributed by atoms with Crippen molar-refractivity contribution in [2.75, 3.05) is 71.8 Å². The minimum atomic E-state index is -0.835. The lowest BCUT2D eigenvalue weighted by Crippen LogP contribution is -2.65. The van der Waals surface area contributed by atoms with E-state index in [-0.39, 0.29) is 68.6 Å². The number of primary amides is 2. The molecule has 16 bridgehead atoms. The van der Waals surface area contributed by atoms with Crippen LogP contribution in [0.15, 0.2) is 128 Å². The molecule has 12 heterocycles. The Morgan fingerprint density at radius 2 is 0.839 bits per heavy atom. The Hall–Kier alpha value is -13.8. The first kappa shape index (κ1) is 87.3. The smallest absolute Gasteiger partial charge is 0.330 e. The molecule has 16 saturated carbocycles. The molecule has 30 rings (SSSR count). The van der Waals surface area contributed by atoms with Gasteiger partial charge in [0.15, 0.2) is 34.4 Å². The number of fused-ring (bicyclic) bond motifs is 6. The molecule has 0 spiro atoms. The molecule has 137 heavy (non-hydrogen) atoms. The number of halogens is 2. The van der Waals surface area contributed by atoms with Crippen LogP contribution >= 0.6 is 0 Å². The predicted molar refractivity (Wildman–Crippen MR) is 512 cm³/mol. The van der Waals surface area contributed by atoms with Gasteiger partial charge in [-0.2, -0.15) is 40.7 Å². The maximum atomic E-state index is 14.4. The number of carbonyl (C=O) groups is 2. The zero-order valence-electron chi connectivity index (χ0n) is 78.3. The van der Waals surface area contributed by atoms with E-state index in [1.165, 1.54) is 56.4 Å². The zero-order chi connectivity index (χ0) is 95.2. The second kappa shape index (κ2) is 31.1. The number of anilines is 14. The average molecular weight is 1850 g/mol. The predicted octanol–water partition coefficient (Wildman–Crippen LogP) is 14.3. The van der Waals surface area contributed by atoms with E-state index in [0.29, 0.717) is 111 Å². The number of nitrogens with zero attached hydrogens (tertiary/aromatic N) is 24. The Balaban J connectivity index is 0.000000103. The van der Waals surface area contributed by atoms with E-state index in [1.54, 1.807) is 59.5 Å². The molecule has 35 nitrogen and oxygen atoms in total. The first-order valence-electron chi connectivity index (χ1n) is 47.9. The van der Waals surface area contributed by atoms with Crippen LogP contribution in [0.2, 0.25) is 0 Å². The van der Waals surface area contributed by atoms with Crippen LogP contribution in [0.5, 0.6) is 0 Å². The standard InChI is InChI=1S/C25H29FN6O3.C25H29FN6O2.2C25H27N9/c1-12-4-16(20(27)33)17(26)7-18(12)29-22-28-11-19-21(30-22)32(23(34)31(19)3)25-8-13-5-14(9-25)24(2,35)15(6-13)10-25;1-13-4-17(21(27)33)18(26)6-19(13)29-23-28-11-20-22(30-23)32(14(2)31(20)3)24-7-15-5-16(8-24)10-25(34,9-15)12-24;2*1-14-4-22-28-13-29-33(22)12-20(14)30-24-27-11-21-23(31-24)34(15(2)32(21)3)25-7-16-5-17(8-25)19(10-26)18(6-16)9-25/h4,7,11,13-15,35H,5-6,8-10H2,1-3H3,(H2,27,33)(H,28,29,30);4,6,11,15-16,34H,2,5,7-10,12H2,1,3H3,(H2,27,33)(H,28,29,30);2*4,11-13,16-19H,2,5-9H2,1,3H3,(H,27,30,31). The van der Waals surface area contributed by atoms with E-state index in [2.05, 4.69) is 118 Å². The third-order valence-corrected chi connectivity index (χ3v) is 34.6. The number of rotatable bonds is 14. The summed E-state index contributed by atoms with van der Waals surface area (Å²) in [7, 11) is 7.75. The van der Waals surface area contributed by atoms with Crippen molar-refractivity contribution in [3.63, 3.8) is 0 Å². The summed E-state index contributed by atoms with van der Waals surface area (Å²) in [6.45, 7) is 22.8. The number of benzene rings is 2. The van der Waals surface area contributed by atoms with Gasteiger partial charge in [0.25, 0.3) is 11.8 Å². The second-order valence-corrected chi connectivity index (χ2v) is 43.0. The summed E-state index contributed by atoms with van der Waals surface area (Å²) in [5, 5.41) is 63.5. The van der Waals surface area contributed by atoms with Crippen molar-refractivity contribution in [2.45, 2.75) is 203 Å². The van der Waals surface area contributed by atoms with Gasteiger partial charge in [-0.05, 0) is 293 Å². The van der Waals surface area contributed by atoms with Gasteiger partial charge in [-0.15, -0.1) is 0 Å². The normalized spacial score (nSPS) is 31.3. The highest BCUT2D eigenvalue weighted by molar-refractivity contribution is 5.95. The number of nitrogens with two attached hydrogens (primary N) is 2. The lowest BCUT2D eigenvalue weighted by Gasteiger charge is -2.62. The maximum Gasteiger partial charge on any atom is 0.330 e. The van der Waals surface area contributed by atoms with E-state index in [1.807, 2.05) is 88.3 Å². The molecule has 16 aliphatic carbocycles. The van der Waals surface area contributed by atoms with Crippen LogP contribution in [-0.2, 0) is 12.6 Å². The Morgan fingerprint density at radius 3 is 1.25 bits per heavy atom. The van der Waals surface area contributed by atoms with Crippen LogP contribution in [0.1, 0.15) is 185 Å². The second-order valence-electron chi connectivity index (χ2n) is 43.0. The summed E-state index contributed by atoms with van der Waals surface area (Å²) >= 11 is 0. The van der Waals surface area contributed by atoms with Gasteiger partial charge in [-0.25, -0.2) is 52.5 Å². The molecule has 0 saturated heterocycles. The quantitative estimate of drug-likeness (QED) is 0.0501. The number of hydrogen-bond acceptors (Lipinski definition) is 29. The fraction of sp³-hybridized carbons (Fsp3) is 0.490. The largest absolute Gasteiger partial charge is 0.390 e. The van der Waals surface area contributed by atoms with Gasteiger partial charge in [-0.3, -0.25) is 18.7 Å². The van der Waals surface area contributed by atoms with Crippen LogP contribution in [0, 0.1) is 139 Å². The summed E-state index contributed by atoms with van der Waals surface area (Å²) in [5.74, 6) is 9.46. The summed E-state index contributed by atoms with van der Waals surface area (Å²) in [6, 6.07) is 14.5. The van der Waals surface area contributed by atoms with Crippen molar-refractivity contribution in [1.29, 1.82) is 10.5 Å². The van der Waals surface area contributed by atoms with Crippen LogP contribution in [-0.4, -0.2) is 149 Å². The summed E-state index contributed by atoms with van der Waals surface area (Å²) in [5.41, 5.74) is 19.7. The minimum Gasteiger partial charge on any atom is -0.390 e. The van der Waals surface area contributed by atoms with E-state index in [9.17, 15) is 43.9 Å². The molecule has 9 aromatic heterocycles. The Kier molecular flexibility index (Phi) is 19.8. The first-order valence-corrected chi connectivity index (χ1v) is 47.9. The van der Waals surface area contributed by atoms with E-state index in [0.717, 1.165) is 182 Å². The molecule has 10 N–H and O–H groups in total. The topological polar surface area (TPSA) is 432 Å². The molecular formula is C100H112F2N30O5. The van der Waals surface area contributed by atoms with Crippen LogP contribution in [0.4, 0.5) is 89.8 Å². The monoisotopic (exact) mass is 1850 g/mol.